The van der Waals surface area contributed by atoms with E-state index < -0.39 is 47.6 Å². The Morgan fingerprint density at radius 2 is 1.64 bits per heavy atom. The number of benzene rings is 1. The molecular formula is C27H43N3O6. The quantitative estimate of drug-likeness (QED) is 0.468. The van der Waals surface area contributed by atoms with E-state index in [4.69, 9.17) is 4.74 Å². The lowest BCUT2D eigenvalue weighted by Crippen LogP contribution is -2.55. The van der Waals surface area contributed by atoms with Gasteiger partial charge in [0.25, 0.3) is 0 Å². The number of amides is 3. The predicted octanol–water partition coefficient (Wildman–Crippen LogP) is 3.81. The lowest BCUT2D eigenvalue weighted by Gasteiger charge is -2.38. The number of carbonyl (C=O) groups is 4. The van der Waals surface area contributed by atoms with E-state index in [2.05, 4.69) is 15.4 Å². The minimum atomic E-state index is -1.03. The van der Waals surface area contributed by atoms with Gasteiger partial charge in [0.15, 0.2) is 0 Å². The molecule has 0 aliphatic heterocycles. The summed E-state index contributed by atoms with van der Waals surface area (Å²) in [5, 5.41) is 5.31. The maximum absolute atomic E-state index is 14.0. The molecule has 9 heteroatoms. The van der Waals surface area contributed by atoms with Gasteiger partial charge in [-0.05, 0) is 71.9 Å². The predicted molar refractivity (Wildman–Crippen MR) is 138 cm³/mol. The monoisotopic (exact) mass is 505 g/mol. The normalized spacial score (nSPS) is 13.1. The van der Waals surface area contributed by atoms with Gasteiger partial charge in [-0.1, -0.05) is 37.6 Å². The van der Waals surface area contributed by atoms with Crippen molar-refractivity contribution >= 4 is 23.9 Å². The van der Waals surface area contributed by atoms with Crippen LogP contribution in [0, 0.1) is 19.8 Å². The van der Waals surface area contributed by atoms with Gasteiger partial charge in [0.05, 0.1) is 7.11 Å². The van der Waals surface area contributed by atoms with Crippen molar-refractivity contribution in [3.05, 3.63) is 34.9 Å². The molecule has 1 aromatic carbocycles. The van der Waals surface area contributed by atoms with Crippen molar-refractivity contribution in [1.29, 1.82) is 0 Å². The maximum Gasteiger partial charge on any atom is 0.408 e. The Morgan fingerprint density at radius 3 is 2.11 bits per heavy atom. The second-order valence-corrected chi connectivity index (χ2v) is 10.7. The number of hydrogen-bond acceptors (Lipinski definition) is 6. The molecule has 0 radical (unpaired) electrons. The highest BCUT2D eigenvalue weighted by Gasteiger charge is 2.38. The van der Waals surface area contributed by atoms with E-state index in [1.165, 1.54) is 12.0 Å². The van der Waals surface area contributed by atoms with Crippen molar-refractivity contribution in [1.82, 2.24) is 15.5 Å². The van der Waals surface area contributed by atoms with Gasteiger partial charge >= 0.3 is 12.1 Å². The van der Waals surface area contributed by atoms with E-state index in [1.54, 1.807) is 20.8 Å². The third-order valence-electron chi connectivity index (χ3n) is 5.39. The Hall–Kier alpha value is -3.10. The molecule has 0 aliphatic carbocycles. The molecule has 9 nitrogen and oxygen atoms in total. The Kier molecular flexibility index (Phi) is 11.4. The first-order valence-electron chi connectivity index (χ1n) is 12.3. The molecule has 2 unspecified atom stereocenters. The second kappa shape index (κ2) is 13.3. The number of alkyl carbamates (subject to hydrolysis) is 1. The van der Waals surface area contributed by atoms with E-state index in [0.717, 1.165) is 11.1 Å². The Morgan fingerprint density at radius 1 is 1.03 bits per heavy atom. The van der Waals surface area contributed by atoms with Crippen LogP contribution in [0.2, 0.25) is 0 Å². The third kappa shape index (κ3) is 9.51. The van der Waals surface area contributed by atoms with E-state index in [1.807, 2.05) is 59.7 Å². The fraction of sp³-hybridized carbons (Fsp3) is 0.630. The minimum Gasteiger partial charge on any atom is -0.468 e. The molecule has 1 aromatic rings. The average molecular weight is 506 g/mol. The molecular weight excluding hydrogens is 462 g/mol. The third-order valence-corrected chi connectivity index (χ3v) is 5.39. The van der Waals surface area contributed by atoms with Crippen molar-refractivity contribution in [2.24, 2.45) is 5.92 Å². The van der Waals surface area contributed by atoms with Crippen LogP contribution in [0.1, 0.15) is 77.6 Å². The standard InChI is InChI=1S/C27H43N3O6/c1-16(2)13-21(29-26(34)36-27(7,8)9)25(33)30(17(3)4)23(24(32)28-15-22(31)35-10)20-12-11-18(5)14-19(20)6/h11-12,14,16-17,21,23H,13,15H2,1-10H3,(H,28,32)(H,29,34). The average Bonchev–Trinajstić information content (AvgIpc) is 2.73. The van der Waals surface area contributed by atoms with Crippen LogP contribution in [0.25, 0.3) is 0 Å². The molecule has 1 rings (SSSR count). The lowest BCUT2D eigenvalue weighted by molar-refractivity contribution is -0.146. The Balaban J connectivity index is 3.51. The van der Waals surface area contributed by atoms with Crippen LogP contribution in [0.15, 0.2) is 18.2 Å². The maximum atomic E-state index is 14.0. The number of carbonyl (C=O) groups excluding carboxylic acids is 4. The van der Waals surface area contributed by atoms with Gasteiger partial charge in [-0.25, -0.2) is 4.79 Å². The molecule has 0 aliphatic rings. The van der Waals surface area contributed by atoms with Crippen LogP contribution in [0.5, 0.6) is 0 Å². The number of rotatable bonds is 10. The van der Waals surface area contributed by atoms with Crippen molar-refractivity contribution < 1.29 is 28.7 Å². The van der Waals surface area contributed by atoms with Gasteiger partial charge in [0.1, 0.15) is 24.2 Å². The van der Waals surface area contributed by atoms with Crippen LogP contribution in [-0.4, -0.2) is 60.1 Å². The van der Waals surface area contributed by atoms with Crippen molar-refractivity contribution in [3.63, 3.8) is 0 Å². The zero-order valence-electron chi connectivity index (χ0n) is 23.4. The zero-order valence-corrected chi connectivity index (χ0v) is 23.4. The molecule has 36 heavy (non-hydrogen) atoms. The number of methoxy groups -OCH3 is 1. The van der Waals surface area contributed by atoms with E-state index in [9.17, 15) is 19.2 Å². The molecule has 0 heterocycles. The van der Waals surface area contributed by atoms with Crippen LogP contribution in [0.4, 0.5) is 4.79 Å². The van der Waals surface area contributed by atoms with Gasteiger partial charge in [0.2, 0.25) is 11.8 Å². The molecule has 0 spiro atoms. The summed E-state index contributed by atoms with van der Waals surface area (Å²) in [6.07, 6.45) is -0.353. The molecule has 0 fully saturated rings. The molecule has 2 atom stereocenters. The highest BCUT2D eigenvalue weighted by Crippen LogP contribution is 2.29. The molecule has 0 bridgehead atoms. The highest BCUT2D eigenvalue weighted by atomic mass is 16.6. The van der Waals surface area contributed by atoms with Crippen molar-refractivity contribution in [2.75, 3.05) is 13.7 Å². The van der Waals surface area contributed by atoms with E-state index >= 15 is 0 Å². The first kappa shape index (κ1) is 30.9. The topological polar surface area (TPSA) is 114 Å². The number of hydrogen-bond donors (Lipinski definition) is 2. The fourth-order valence-electron chi connectivity index (χ4n) is 3.88. The highest BCUT2D eigenvalue weighted by molar-refractivity contribution is 5.93. The first-order chi connectivity index (χ1) is 16.6. The summed E-state index contributed by atoms with van der Waals surface area (Å²) in [6.45, 7) is 16.2. The summed E-state index contributed by atoms with van der Waals surface area (Å²) in [7, 11) is 1.24. The van der Waals surface area contributed by atoms with Crippen LogP contribution in [-0.2, 0) is 23.9 Å². The Labute approximate surface area is 215 Å². The molecule has 0 saturated carbocycles. The van der Waals surface area contributed by atoms with Gasteiger partial charge in [-0.2, -0.15) is 0 Å². The molecule has 0 aromatic heterocycles. The minimum absolute atomic E-state index is 0.0793. The molecule has 0 saturated heterocycles. The van der Waals surface area contributed by atoms with Crippen molar-refractivity contribution in [3.8, 4) is 0 Å². The van der Waals surface area contributed by atoms with Crippen molar-refractivity contribution in [2.45, 2.75) is 92.5 Å². The van der Waals surface area contributed by atoms with E-state index in [0.29, 0.717) is 12.0 Å². The lowest BCUT2D eigenvalue weighted by atomic mass is 9.94. The summed E-state index contributed by atoms with van der Waals surface area (Å²) in [6, 6.07) is 3.28. The SMILES string of the molecule is COC(=O)CNC(=O)C(c1ccc(C)cc1C)N(C(=O)C(CC(C)C)NC(=O)OC(C)(C)C)C(C)C. The molecule has 3 amide bonds. The molecule has 2 N–H and O–H groups in total. The fourth-order valence-corrected chi connectivity index (χ4v) is 3.88. The Bertz CT molecular complexity index is 936. The zero-order chi connectivity index (χ0) is 27.8. The van der Waals surface area contributed by atoms with Gasteiger partial charge in [-0.3, -0.25) is 14.4 Å². The summed E-state index contributed by atoms with van der Waals surface area (Å²) >= 11 is 0. The smallest absolute Gasteiger partial charge is 0.408 e. The van der Waals surface area contributed by atoms with Crippen LogP contribution >= 0.6 is 0 Å². The van der Waals surface area contributed by atoms with Gasteiger partial charge in [0, 0.05) is 6.04 Å². The van der Waals surface area contributed by atoms with Gasteiger partial charge in [-0.15, -0.1) is 0 Å². The number of aryl methyl sites for hydroxylation is 2. The summed E-state index contributed by atoms with van der Waals surface area (Å²) in [4.78, 5) is 53.2. The summed E-state index contributed by atoms with van der Waals surface area (Å²) in [5.41, 5.74) is 1.73. The van der Waals surface area contributed by atoms with Gasteiger partial charge < -0.3 is 25.0 Å². The number of ether oxygens (including phenoxy) is 2. The number of nitrogens with one attached hydrogen (secondary N) is 2. The summed E-state index contributed by atoms with van der Waals surface area (Å²) in [5.74, 6) is -1.46. The number of esters is 1. The first-order valence-corrected chi connectivity index (χ1v) is 12.3. The second-order valence-electron chi connectivity index (χ2n) is 10.7. The van der Waals surface area contributed by atoms with E-state index in [-0.39, 0.29) is 12.5 Å². The van der Waals surface area contributed by atoms with Crippen LogP contribution in [0.3, 0.4) is 0 Å². The largest absolute Gasteiger partial charge is 0.468 e. The van der Waals surface area contributed by atoms with Crippen LogP contribution < -0.4 is 10.6 Å². The molecule has 202 valence electrons. The summed E-state index contributed by atoms with van der Waals surface area (Å²) < 4.78 is 10.0. The number of nitrogens with zero attached hydrogens (tertiary/aromatic N) is 1.